The average Bonchev–Trinajstić information content (AvgIpc) is 2.67. The minimum atomic E-state index is -0.264. The molecule has 2 N–H and O–H groups in total. The molecule has 1 heterocycles. The maximum Gasteiger partial charge on any atom is 0.205 e. The maximum absolute atomic E-state index is 13.7. The lowest BCUT2D eigenvalue weighted by Crippen LogP contribution is -2.00. The van der Waals surface area contributed by atoms with Crippen LogP contribution in [0.2, 0.25) is 0 Å². The quantitative estimate of drug-likeness (QED) is 0.538. The number of hydrogen-bond donors (Lipinski definition) is 1. The number of hydrogen-bond acceptors (Lipinski definition) is 2. The highest BCUT2D eigenvalue weighted by Crippen LogP contribution is 2.26. The zero-order valence-corrected chi connectivity index (χ0v) is 13.9. The first-order chi connectivity index (χ1) is 9.06. The topological polar surface area (TPSA) is 43.8 Å². The molecule has 0 saturated carbocycles. The molecule has 19 heavy (non-hydrogen) atoms. The Bertz CT molecular complexity index is 766. The summed E-state index contributed by atoms with van der Waals surface area (Å²) in [5.74, 6) is 0.0948. The van der Waals surface area contributed by atoms with Crippen molar-refractivity contribution < 1.29 is 4.39 Å². The number of imidazole rings is 1. The summed E-state index contributed by atoms with van der Waals surface area (Å²) in [5, 5.41) is 0. The third-order valence-corrected chi connectivity index (χ3v) is 4.35. The third-order valence-electron chi connectivity index (χ3n) is 2.81. The summed E-state index contributed by atoms with van der Waals surface area (Å²) in [6.45, 7) is 0. The van der Waals surface area contributed by atoms with E-state index in [1.165, 1.54) is 6.07 Å². The second-order valence-electron chi connectivity index (χ2n) is 4.04. The van der Waals surface area contributed by atoms with Crippen LogP contribution in [-0.2, 0) is 0 Å². The molecule has 0 aliphatic rings. The number of fused-ring (bicyclic) bond motifs is 1. The smallest absolute Gasteiger partial charge is 0.205 e. The van der Waals surface area contributed by atoms with Crippen molar-refractivity contribution >= 4 is 62.2 Å². The molecule has 2 aromatic carbocycles. The number of anilines is 1. The molecule has 6 heteroatoms. The molecule has 96 valence electrons. The van der Waals surface area contributed by atoms with E-state index in [1.54, 1.807) is 10.6 Å². The molecular weight excluding hydrogens is 471 g/mol. The number of benzene rings is 2. The minimum Gasteiger partial charge on any atom is -0.369 e. The van der Waals surface area contributed by atoms with Gasteiger partial charge >= 0.3 is 0 Å². The average molecular weight is 479 g/mol. The zero-order valence-electron chi connectivity index (χ0n) is 9.57. The van der Waals surface area contributed by atoms with Crippen molar-refractivity contribution in [1.29, 1.82) is 0 Å². The molecule has 0 spiro atoms. The monoisotopic (exact) mass is 479 g/mol. The van der Waals surface area contributed by atoms with Crippen LogP contribution in [0.3, 0.4) is 0 Å². The first kappa shape index (κ1) is 13.1. The highest BCUT2D eigenvalue weighted by molar-refractivity contribution is 14.1. The van der Waals surface area contributed by atoms with Crippen molar-refractivity contribution in [1.82, 2.24) is 9.55 Å². The Morgan fingerprint density at radius 3 is 2.47 bits per heavy atom. The highest BCUT2D eigenvalue weighted by atomic mass is 127. The predicted molar refractivity (Wildman–Crippen MR) is 90.9 cm³/mol. The molecular formula is C13H8FI2N3. The van der Waals surface area contributed by atoms with Gasteiger partial charge in [0.2, 0.25) is 5.95 Å². The van der Waals surface area contributed by atoms with Gasteiger partial charge < -0.3 is 5.73 Å². The van der Waals surface area contributed by atoms with Crippen LogP contribution in [0, 0.1) is 13.0 Å². The van der Waals surface area contributed by atoms with Crippen LogP contribution < -0.4 is 5.73 Å². The summed E-state index contributed by atoms with van der Waals surface area (Å²) in [7, 11) is 0. The lowest BCUT2D eigenvalue weighted by molar-refractivity contribution is 0.622. The first-order valence-electron chi connectivity index (χ1n) is 5.45. The van der Waals surface area contributed by atoms with Crippen LogP contribution in [0.4, 0.5) is 10.3 Å². The van der Waals surface area contributed by atoms with Crippen LogP contribution in [0.25, 0.3) is 16.7 Å². The molecule has 0 aliphatic carbocycles. The molecule has 3 aromatic rings. The molecule has 0 aliphatic heterocycles. The fraction of sp³-hybridized carbons (Fsp3) is 0. The van der Waals surface area contributed by atoms with Gasteiger partial charge in [-0.1, -0.05) is 0 Å². The Balaban J connectivity index is 2.31. The van der Waals surface area contributed by atoms with Crippen molar-refractivity contribution in [2.45, 2.75) is 0 Å². The number of halogens is 3. The third kappa shape index (κ3) is 2.31. The van der Waals surface area contributed by atoms with Crippen LogP contribution in [0.15, 0.2) is 36.4 Å². The summed E-state index contributed by atoms with van der Waals surface area (Å²) >= 11 is 4.18. The van der Waals surface area contributed by atoms with E-state index in [2.05, 4.69) is 27.6 Å². The van der Waals surface area contributed by atoms with Gasteiger partial charge in [-0.2, -0.15) is 0 Å². The molecule has 0 saturated heterocycles. The summed E-state index contributed by atoms with van der Waals surface area (Å²) < 4.78 is 17.2. The van der Waals surface area contributed by atoms with E-state index in [0.29, 0.717) is 20.6 Å². The predicted octanol–water partition coefficient (Wildman–Crippen LogP) is 3.96. The summed E-state index contributed by atoms with van der Waals surface area (Å²) in [6, 6.07) is 11.0. The second kappa shape index (κ2) is 4.89. The number of aromatic nitrogens is 2. The van der Waals surface area contributed by atoms with Crippen molar-refractivity contribution in [3.8, 4) is 5.69 Å². The van der Waals surface area contributed by atoms with Gasteiger partial charge in [-0.05, 0) is 75.5 Å². The summed E-state index contributed by atoms with van der Waals surface area (Å²) in [5.41, 5.74) is 8.20. The van der Waals surface area contributed by atoms with Gasteiger partial charge in [-0.15, -0.1) is 0 Å². The van der Waals surface area contributed by atoms with E-state index >= 15 is 0 Å². The van der Waals surface area contributed by atoms with E-state index in [0.717, 1.165) is 9.26 Å². The number of nitrogens with zero attached hydrogens (tertiary/aromatic N) is 2. The Morgan fingerprint density at radius 2 is 1.79 bits per heavy atom. The molecule has 0 atom stereocenters. The SMILES string of the molecule is Nc1nc2cc(I)c(F)cc2n1-c1ccc(I)cc1. The lowest BCUT2D eigenvalue weighted by atomic mass is 10.2. The Morgan fingerprint density at radius 1 is 1.11 bits per heavy atom. The molecule has 0 amide bonds. The van der Waals surface area contributed by atoms with Gasteiger partial charge in [0.15, 0.2) is 0 Å². The molecule has 1 aromatic heterocycles. The van der Waals surface area contributed by atoms with Gasteiger partial charge in [0.25, 0.3) is 0 Å². The van der Waals surface area contributed by atoms with E-state index in [-0.39, 0.29) is 5.82 Å². The van der Waals surface area contributed by atoms with Gasteiger partial charge in [0.1, 0.15) is 5.82 Å². The normalized spacial score (nSPS) is 11.1. The number of rotatable bonds is 1. The van der Waals surface area contributed by atoms with Crippen LogP contribution >= 0.6 is 45.2 Å². The van der Waals surface area contributed by atoms with Gasteiger partial charge in [0.05, 0.1) is 14.6 Å². The van der Waals surface area contributed by atoms with Crippen LogP contribution in [-0.4, -0.2) is 9.55 Å². The highest BCUT2D eigenvalue weighted by Gasteiger charge is 2.12. The Kier molecular flexibility index (Phi) is 3.37. The van der Waals surface area contributed by atoms with E-state index in [4.69, 9.17) is 5.73 Å². The van der Waals surface area contributed by atoms with Crippen LogP contribution in [0.5, 0.6) is 0 Å². The first-order valence-corrected chi connectivity index (χ1v) is 7.61. The van der Waals surface area contributed by atoms with Gasteiger partial charge in [-0.3, -0.25) is 4.57 Å². The molecule has 0 unspecified atom stereocenters. The molecule has 0 fully saturated rings. The van der Waals surface area contributed by atoms with Crippen LogP contribution in [0.1, 0.15) is 0 Å². The van der Waals surface area contributed by atoms with Crippen molar-refractivity contribution in [3.63, 3.8) is 0 Å². The fourth-order valence-corrected chi connectivity index (χ4v) is 2.76. The maximum atomic E-state index is 13.7. The van der Waals surface area contributed by atoms with Gasteiger partial charge in [0, 0.05) is 15.3 Å². The number of nitrogen functional groups attached to an aromatic ring is 1. The molecule has 0 radical (unpaired) electrons. The van der Waals surface area contributed by atoms with Crippen molar-refractivity contribution in [2.75, 3.05) is 5.73 Å². The summed E-state index contributed by atoms with van der Waals surface area (Å²) in [6.07, 6.45) is 0. The van der Waals surface area contributed by atoms with E-state index < -0.39 is 0 Å². The second-order valence-corrected chi connectivity index (χ2v) is 6.44. The van der Waals surface area contributed by atoms with Gasteiger partial charge in [-0.25, -0.2) is 9.37 Å². The standard InChI is InChI=1S/C13H8FI2N3/c14-9-5-12-11(6-10(9)16)18-13(17)19(12)8-3-1-7(15)2-4-8/h1-6H,(H2,17,18). The molecule has 3 nitrogen and oxygen atoms in total. The van der Waals surface area contributed by atoms with Crippen molar-refractivity contribution in [3.05, 3.63) is 49.4 Å². The summed E-state index contributed by atoms with van der Waals surface area (Å²) in [4.78, 5) is 4.28. The largest absolute Gasteiger partial charge is 0.369 e. The van der Waals surface area contributed by atoms with Crippen molar-refractivity contribution in [2.24, 2.45) is 0 Å². The number of nitrogens with two attached hydrogens (primary N) is 1. The minimum absolute atomic E-state index is 0.264. The fourth-order valence-electron chi connectivity index (χ4n) is 1.95. The lowest BCUT2D eigenvalue weighted by Gasteiger charge is -2.06. The zero-order chi connectivity index (χ0) is 13.6. The Hall–Kier alpha value is -0.900. The van der Waals surface area contributed by atoms with E-state index in [9.17, 15) is 4.39 Å². The Labute approximate surface area is 136 Å². The molecule has 0 bridgehead atoms. The molecule has 3 rings (SSSR count). The van der Waals surface area contributed by atoms with E-state index in [1.807, 2.05) is 46.9 Å².